The Labute approximate surface area is 143 Å². The Morgan fingerprint density at radius 2 is 2.08 bits per heavy atom. The summed E-state index contributed by atoms with van der Waals surface area (Å²) in [6.45, 7) is 9.16. The van der Waals surface area contributed by atoms with Crippen molar-refractivity contribution in [1.29, 1.82) is 0 Å². The second-order valence-corrected chi connectivity index (χ2v) is 6.64. The molecule has 0 radical (unpaired) electrons. The lowest BCUT2D eigenvalue weighted by Gasteiger charge is -2.27. The molecule has 1 aliphatic heterocycles. The molecule has 2 heterocycles. The summed E-state index contributed by atoms with van der Waals surface area (Å²) in [5.41, 5.74) is 0.717. The Kier molecular flexibility index (Phi) is 6.34. The molecular weight excluding hydrogens is 308 g/mol. The van der Waals surface area contributed by atoms with Crippen molar-refractivity contribution < 1.29 is 14.3 Å². The highest BCUT2D eigenvalue weighted by Gasteiger charge is 2.36. The van der Waals surface area contributed by atoms with Gasteiger partial charge in [-0.15, -0.1) is 5.10 Å². The first kappa shape index (κ1) is 18.4. The number of aromatic amines is 1. The van der Waals surface area contributed by atoms with Crippen molar-refractivity contribution >= 4 is 11.9 Å². The van der Waals surface area contributed by atoms with Gasteiger partial charge >= 0.3 is 5.97 Å². The molecule has 1 aromatic rings. The van der Waals surface area contributed by atoms with Gasteiger partial charge in [-0.3, -0.25) is 4.79 Å². The molecule has 1 fully saturated rings. The number of carbonyl (C=O) groups is 2. The van der Waals surface area contributed by atoms with E-state index >= 15 is 0 Å². The zero-order valence-corrected chi connectivity index (χ0v) is 15.0. The lowest BCUT2D eigenvalue weighted by molar-refractivity contribution is -0.133. The van der Waals surface area contributed by atoms with Crippen LogP contribution in [0.2, 0.25) is 0 Å². The van der Waals surface area contributed by atoms with Crippen molar-refractivity contribution in [3.63, 3.8) is 0 Å². The molecule has 1 amide bonds. The number of amides is 1. The molecule has 0 spiro atoms. The zero-order valence-electron chi connectivity index (χ0n) is 15.0. The van der Waals surface area contributed by atoms with Crippen LogP contribution in [0.1, 0.15) is 75.6 Å². The van der Waals surface area contributed by atoms with Crippen LogP contribution < -0.4 is 0 Å². The van der Waals surface area contributed by atoms with Crippen LogP contribution >= 0.6 is 0 Å². The molecule has 2 unspecified atom stereocenters. The van der Waals surface area contributed by atoms with Gasteiger partial charge < -0.3 is 9.64 Å². The van der Waals surface area contributed by atoms with Gasteiger partial charge in [0.05, 0.1) is 12.6 Å². The normalized spacial score (nSPS) is 18.9. The van der Waals surface area contributed by atoms with Gasteiger partial charge in [-0.1, -0.05) is 27.2 Å². The standard InChI is InChI=1S/C17H28N4O3/c1-5-12(11(3)4)10-14(22)21-9-7-8-13(21)15-16(19-20-18-15)17(23)24-6-2/h11-13H,5-10H2,1-4H3,(H,18,19,20). The van der Waals surface area contributed by atoms with Crippen LogP contribution in [0.3, 0.4) is 0 Å². The SMILES string of the molecule is CCOC(=O)c1n[nH]nc1C1CCCN1C(=O)CC(CC)C(C)C. The van der Waals surface area contributed by atoms with Crippen LogP contribution in [0.5, 0.6) is 0 Å². The fourth-order valence-electron chi connectivity index (χ4n) is 3.36. The van der Waals surface area contributed by atoms with Crippen LogP contribution in [-0.2, 0) is 9.53 Å². The van der Waals surface area contributed by atoms with Crippen LogP contribution in [0, 0.1) is 11.8 Å². The fourth-order valence-corrected chi connectivity index (χ4v) is 3.36. The zero-order chi connectivity index (χ0) is 17.7. The number of nitrogens with zero attached hydrogens (tertiary/aromatic N) is 3. The number of ether oxygens (including phenoxy) is 1. The quantitative estimate of drug-likeness (QED) is 0.773. The minimum absolute atomic E-state index is 0.135. The smallest absolute Gasteiger partial charge is 0.360 e. The van der Waals surface area contributed by atoms with Gasteiger partial charge in [-0.2, -0.15) is 10.3 Å². The van der Waals surface area contributed by atoms with Crippen LogP contribution in [-0.4, -0.2) is 45.3 Å². The Morgan fingerprint density at radius 3 is 2.71 bits per heavy atom. The summed E-state index contributed by atoms with van der Waals surface area (Å²) in [5.74, 6) is 0.493. The van der Waals surface area contributed by atoms with E-state index in [1.165, 1.54) is 0 Å². The molecule has 24 heavy (non-hydrogen) atoms. The molecule has 0 saturated carbocycles. The van der Waals surface area contributed by atoms with E-state index in [1.54, 1.807) is 6.92 Å². The maximum atomic E-state index is 12.8. The molecule has 134 valence electrons. The summed E-state index contributed by atoms with van der Waals surface area (Å²) in [7, 11) is 0. The molecule has 2 atom stereocenters. The first-order valence-corrected chi connectivity index (χ1v) is 8.86. The molecule has 7 heteroatoms. The highest BCUT2D eigenvalue weighted by Crippen LogP contribution is 2.34. The third kappa shape index (κ3) is 3.94. The van der Waals surface area contributed by atoms with Crippen LogP contribution in [0.25, 0.3) is 0 Å². The van der Waals surface area contributed by atoms with E-state index in [0.29, 0.717) is 30.5 Å². The van der Waals surface area contributed by atoms with E-state index < -0.39 is 5.97 Å². The summed E-state index contributed by atoms with van der Waals surface area (Å²) in [6.07, 6.45) is 3.23. The summed E-state index contributed by atoms with van der Waals surface area (Å²) >= 11 is 0. The van der Waals surface area contributed by atoms with Gasteiger partial charge in [-0.05, 0) is 31.6 Å². The summed E-state index contributed by atoms with van der Waals surface area (Å²) < 4.78 is 5.03. The average Bonchev–Trinajstić information content (AvgIpc) is 3.20. The van der Waals surface area contributed by atoms with Crippen molar-refractivity contribution in [2.75, 3.05) is 13.2 Å². The molecular formula is C17H28N4O3. The van der Waals surface area contributed by atoms with Crippen molar-refractivity contribution in [3.8, 4) is 0 Å². The van der Waals surface area contributed by atoms with E-state index in [-0.39, 0.29) is 24.2 Å². The van der Waals surface area contributed by atoms with Gasteiger partial charge in [0.2, 0.25) is 5.91 Å². The first-order chi connectivity index (χ1) is 11.5. The van der Waals surface area contributed by atoms with Gasteiger partial charge in [0.25, 0.3) is 0 Å². The van der Waals surface area contributed by atoms with Crippen molar-refractivity contribution in [2.45, 2.75) is 59.4 Å². The third-order valence-corrected chi connectivity index (χ3v) is 4.84. The van der Waals surface area contributed by atoms with Crippen LogP contribution in [0.4, 0.5) is 0 Å². The Morgan fingerprint density at radius 1 is 1.33 bits per heavy atom. The minimum Gasteiger partial charge on any atom is -0.461 e. The number of nitrogens with one attached hydrogen (secondary N) is 1. The highest BCUT2D eigenvalue weighted by atomic mass is 16.5. The third-order valence-electron chi connectivity index (χ3n) is 4.84. The number of hydrogen-bond donors (Lipinski definition) is 1. The second-order valence-electron chi connectivity index (χ2n) is 6.64. The fraction of sp³-hybridized carbons (Fsp3) is 0.765. The molecule has 1 aromatic heterocycles. The number of likely N-dealkylation sites (tertiary alicyclic amines) is 1. The van der Waals surface area contributed by atoms with E-state index in [2.05, 4.69) is 36.2 Å². The lowest BCUT2D eigenvalue weighted by atomic mass is 9.89. The summed E-state index contributed by atoms with van der Waals surface area (Å²) in [4.78, 5) is 26.7. The van der Waals surface area contributed by atoms with Crippen molar-refractivity contribution in [3.05, 3.63) is 11.4 Å². The Hall–Kier alpha value is -1.92. The van der Waals surface area contributed by atoms with E-state index in [9.17, 15) is 9.59 Å². The Bertz CT molecular complexity index is 570. The van der Waals surface area contributed by atoms with Gasteiger partial charge in [-0.25, -0.2) is 4.79 Å². The molecule has 0 bridgehead atoms. The first-order valence-electron chi connectivity index (χ1n) is 8.86. The molecule has 1 aliphatic rings. The Balaban J connectivity index is 2.15. The number of hydrogen-bond acceptors (Lipinski definition) is 5. The largest absolute Gasteiger partial charge is 0.461 e. The van der Waals surface area contributed by atoms with Crippen molar-refractivity contribution in [1.82, 2.24) is 20.3 Å². The van der Waals surface area contributed by atoms with Crippen LogP contribution in [0.15, 0.2) is 0 Å². The maximum Gasteiger partial charge on any atom is 0.360 e. The number of H-pyrrole nitrogens is 1. The van der Waals surface area contributed by atoms with Gasteiger partial charge in [0.1, 0.15) is 5.69 Å². The molecule has 0 aliphatic carbocycles. The topological polar surface area (TPSA) is 88.2 Å². The van der Waals surface area contributed by atoms with Crippen molar-refractivity contribution in [2.24, 2.45) is 11.8 Å². The van der Waals surface area contributed by atoms with Gasteiger partial charge in [0, 0.05) is 13.0 Å². The van der Waals surface area contributed by atoms with E-state index in [4.69, 9.17) is 4.74 Å². The number of esters is 1. The summed E-state index contributed by atoms with van der Waals surface area (Å²) in [5, 5.41) is 10.6. The second kappa shape index (κ2) is 8.26. The molecule has 1 saturated heterocycles. The molecule has 1 N–H and O–H groups in total. The maximum absolute atomic E-state index is 12.8. The highest BCUT2D eigenvalue weighted by molar-refractivity contribution is 5.88. The minimum atomic E-state index is -0.492. The molecule has 7 nitrogen and oxygen atoms in total. The van der Waals surface area contributed by atoms with Gasteiger partial charge in [0.15, 0.2) is 5.69 Å². The predicted molar refractivity (Wildman–Crippen MR) is 89.3 cm³/mol. The van der Waals surface area contributed by atoms with E-state index in [0.717, 1.165) is 19.3 Å². The lowest BCUT2D eigenvalue weighted by Crippen LogP contribution is -2.33. The predicted octanol–water partition coefficient (Wildman–Crippen LogP) is 2.72. The number of rotatable bonds is 7. The molecule has 0 aromatic carbocycles. The summed E-state index contributed by atoms with van der Waals surface area (Å²) in [6, 6.07) is -0.194. The monoisotopic (exact) mass is 336 g/mol. The number of aromatic nitrogens is 3. The number of carbonyl (C=O) groups excluding carboxylic acids is 2. The average molecular weight is 336 g/mol. The van der Waals surface area contributed by atoms with E-state index in [1.807, 2.05) is 4.90 Å². The molecule has 2 rings (SSSR count).